The maximum Gasteiger partial charge on any atom is 0.303 e. The van der Waals surface area contributed by atoms with E-state index in [2.05, 4.69) is 17.1 Å². The fraction of sp³-hybridized carbons (Fsp3) is 0.933. The molecule has 0 bridgehead atoms. The number of rotatable bonds is 7. The van der Waals surface area contributed by atoms with Crippen molar-refractivity contribution in [3.63, 3.8) is 0 Å². The number of carboxylic acid groups (broad SMARTS) is 1. The summed E-state index contributed by atoms with van der Waals surface area (Å²) in [5, 5.41) is 12.5. The Hall–Kier alpha value is -0.610. The first-order valence-electron chi connectivity index (χ1n) is 7.85. The van der Waals surface area contributed by atoms with Gasteiger partial charge in [-0.2, -0.15) is 0 Å². The molecular weight excluding hydrogens is 240 g/mol. The Morgan fingerprint density at radius 2 is 2.11 bits per heavy atom. The van der Waals surface area contributed by atoms with Crippen molar-refractivity contribution >= 4 is 5.97 Å². The molecular formula is C15H28N2O2. The van der Waals surface area contributed by atoms with Crippen LogP contribution in [0.2, 0.25) is 0 Å². The van der Waals surface area contributed by atoms with Crippen LogP contribution >= 0.6 is 0 Å². The molecule has 0 spiro atoms. The summed E-state index contributed by atoms with van der Waals surface area (Å²) in [7, 11) is 0. The number of likely N-dealkylation sites (tertiary alicyclic amines) is 1. The van der Waals surface area contributed by atoms with E-state index < -0.39 is 5.97 Å². The second kappa shape index (κ2) is 7.25. The summed E-state index contributed by atoms with van der Waals surface area (Å²) in [5.41, 5.74) is 0. The lowest BCUT2D eigenvalue weighted by Gasteiger charge is -2.39. The Morgan fingerprint density at radius 3 is 2.68 bits per heavy atom. The second-order valence-corrected chi connectivity index (χ2v) is 6.29. The van der Waals surface area contributed by atoms with Crippen molar-refractivity contribution in [3.05, 3.63) is 0 Å². The van der Waals surface area contributed by atoms with E-state index in [0.29, 0.717) is 18.4 Å². The molecule has 1 aliphatic carbocycles. The van der Waals surface area contributed by atoms with Crippen LogP contribution in [-0.2, 0) is 4.79 Å². The molecule has 0 aromatic heterocycles. The third kappa shape index (κ3) is 4.77. The molecule has 4 nitrogen and oxygen atoms in total. The minimum absolute atomic E-state index is 0.317. The van der Waals surface area contributed by atoms with E-state index in [9.17, 15) is 4.79 Å². The van der Waals surface area contributed by atoms with Crippen molar-refractivity contribution in [2.75, 3.05) is 26.2 Å². The highest BCUT2D eigenvalue weighted by Gasteiger charge is 2.27. The van der Waals surface area contributed by atoms with Crippen molar-refractivity contribution < 1.29 is 9.90 Å². The zero-order valence-electron chi connectivity index (χ0n) is 12.1. The smallest absolute Gasteiger partial charge is 0.303 e. The van der Waals surface area contributed by atoms with Crippen LogP contribution in [0.4, 0.5) is 0 Å². The first kappa shape index (κ1) is 14.8. The summed E-state index contributed by atoms with van der Waals surface area (Å²) < 4.78 is 0. The normalized spacial score (nSPS) is 29.1. The standard InChI is InChI=1S/C15H28N2O2/c1-2-17-10-13(6-7-15(18)19)8-14(11-17)16-9-12-4-3-5-12/h12-14,16H,2-11H2,1H3,(H,18,19). The molecule has 0 radical (unpaired) electrons. The number of aliphatic carboxylic acids is 1. The number of nitrogens with one attached hydrogen (secondary N) is 1. The van der Waals surface area contributed by atoms with Gasteiger partial charge in [0, 0.05) is 25.6 Å². The summed E-state index contributed by atoms with van der Waals surface area (Å²) in [4.78, 5) is 13.2. The molecule has 2 fully saturated rings. The molecule has 0 amide bonds. The van der Waals surface area contributed by atoms with Crippen molar-refractivity contribution in [2.24, 2.45) is 11.8 Å². The van der Waals surface area contributed by atoms with E-state index in [1.165, 1.54) is 19.3 Å². The molecule has 0 aromatic carbocycles. The van der Waals surface area contributed by atoms with Gasteiger partial charge in [-0.25, -0.2) is 0 Å². The Morgan fingerprint density at radius 1 is 1.32 bits per heavy atom. The van der Waals surface area contributed by atoms with Gasteiger partial charge in [0.25, 0.3) is 0 Å². The number of likely N-dealkylation sites (N-methyl/N-ethyl adjacent to an activating group) is 1. The molecule has 2 atom stereocenters. The lowest BCUT2D eigenvalue weighted by Crippen LogP contribution is -2.50. The lowest BCUT2D eigenvalue weighted by atomic mass is 9.84. The van der Waals surface area contributed by atoms with Gasteiger partial charge in [0.2, 0.25) is 0 Å². The van der Waals surface area contributed by atoms with Gasteiger partial charge < -0.3 is 15.3 Å². The van der Waals surface area contributed by atoms with Crippen molar-refractivity contribution in [1.29, 1.82) is 0 Å². The number of carbonyl (C=O) groups is 1. The largest absolute Gasteiger partial charge is 0.481 e. The van der Waals surface area contributed by atoms with E-state index in [1.807, 2.05) is 0 Å². The third-order valence-electron chi connectivity index (χ3n) is 4.75. The van der Waals surface area contributed by atoms with Gasteiger partial charge >= 0.3 is 5.97 Å². The topological polar surface area (TPSA) is 52.6 Å². The highest BCUT2D eigenvalue weighted by molar-refractivity contribution is 5.66. The lowest BCUT2D eigenvalue weighted by molar-refractivity contribution is -0.137. The summed E-state index contributed by atoms with van der Waals surface area (Å²) in [6, 6.07) is 0.563. The van der Waals surface area contributed by atoms with Crippen LogP contribution < -0.4 is 5.32 Å². The van der Waals surface area contributed by atoms with E-state index >= 15 is 0 Å². The third-order valence-corrected chi connectivity index (χ3v) is 4.75. The van der Waals surface area contributed by atoms with Crippen LogP contribution in [-0.4, -0.2) is 48.2 Å². The molecule has 1 saturated carbocycles. The first-order chi connectivity index (χ1) is 9.17. The highest BCUT2D eigenvalue weighted by atomic mass is 16.4. The Bertz CT molecular complexity index is 292. The minimum atomic E-state index is -0.660. The average Bonchev–Trinajstić information content (AvgIpc) is 2.34. The molecule has 4 heteroatoms. The summed E-state index contributed by atoms with van der Waals surface area (Å²) in [6.45, 7) is 6.64. The number of nitrogens with zero attached hydrogens (tertiary/aromatic N) is 1. The molecule has 1 aliphatic heterocycles. The maximum absolute atomic E-state index is 10.7. The molecule has 2 rings (SSSR count). The molecule has 1 heterocycles. The average molecular weight is 268 g/mol. The van der Waals surface area contributed by atoms with E-state index in [1.54, 1.807) is 0 Å². The fourth-order valence-corrected chi connectivity index (χ4v) is 3.28. The summed E-state index contributed by atoms with van der Waals surface area (Å²) in [5.74, 6) is 0.783. The van der Waals surface area contributed by atoms with E-state index in [4.69, 9.17) is 5.11 Å². The van der Waals surface area contributed by atoms with Crippen molar-refractivity contribution in [2.45, 2.75) is 51.5 Å². The number of hydrogen-bond acceptors (Lipinski definition) is 3. The van der Waals surface area contributed by atoms with Gasteiger partial charge in [0.05, 0.1) is 0 Å². The van der Waals surface area contributed by atoms with Crippen LogP contribution in [0.15, 0.2) is 0 Å². The quantitative estimate of drug-likeness (QED) is 0.741. The van der Waals surface area contributed by atoms with Crippen molar-refractivity contribution in [1.82, 2.24) is 10.2 Å². The van der Waals surface area contributed by atoms with Crippen LogP contribution in [0.3, 0.4) is 0 Å². The summed E-state index contributed by atoms with van der Waals surface area (Å²) in [6.07, 6.45) is 6.47. The molecule has 110 valence electrons. The summed E-state index contributed by atoms with van der Waals surface area (Å²) >= 11 is 0. The Balaban J connectivity index is 1.75. The number of carboxylic acids is 1. The van der Waals surface area contributed by atoms with Crippen LogP contribution in [0, 0.1) is 11.8 Å². The van der Waals surface area contributed by atoms with Crippen LogP contribution in [0.5, 0.6) is 0 Å². The van der Waals surface area contributed by atoms with Gasteiger partial charge in [-0.15, -0.1) is 0 Å². The van der Waals surface area contributed by atoms with Crippen LogP contribution in [0.25, 0.3) is 0 Å². The highest BCUT2D eigenvalue weighted by Crippen LogP contribution is 2.26. The zero-order valence-corrected chi connectivity index (χ0v) is 12.1. The van der Waals surface area contributed by atoms with Gasteiger partial charge in [0.1, 0.15) is 0 Å². The number of piperidine rings is 1. The Labute approximate surface area is 116 Å². The predicted octanol–water partition coefficient (Wildman–Crippen LogP) is 1.95. The maximum atomic E-state index is 10.7. The minimum Gasteiger partial charge on any atom is -0.481 e. The zero-order chi connectivity index (χ0) is 13.7. The van der Waals surface area contributed by atoms with Gasteiger partial charge in [-0.3, -0.25) is 4.79 Å². The number of hydrogen-bond donors (Lipinski definition) is 2. The van der Waals surface area contributed by atoms with Crippen molar-refractivity contribution in [3.8, 4) is 0 Å². The van der Waals surface area contributed by atoms with Gasteiger partial charge in [-0.05, 0) is 50.6 Å². The molecule has 2 unspecified atom stereocenters. The molecule has 19 heavy (non-hydrogen) atoms. The molecule has 0 aromatic rings. The van der Waals surface area contributed by atoms with E-state index in [-0.39, 0.29) is 0 Å². The Kier molecular flexibility index (Phi) is 5.64. The second-order valence-electron chi connectivity index (χ2n) is 6.29. The van der Waals surface area contributed by atoms with Crippen LogP contribution in [0.1, 0.15) is 45.4 Å². The first-order valence-corrected chi connectivity index (χ1v) is 7.85. The fourth-order valence-electron chi connectivity index (χ4n) is 3.28. The molecule has 1 saturated heterocycles. The molecule has 2 N–H and O–H groups in total. The van der Waals surface area contributed by atoms with Gasteiger partial charge in [0.15, 0.2) is 0 Å². The monoisotopic (exact) mass is 268 g/mol. The van der Waals surface area contributed by atoms with Gasteiger partial charge in [-0.1, -0.05) is 13.3 Å². The van der Waals surface area contributed by atoms with E-state index in [0.717, 1.165) is 44.9 Å². The predicted molar refractivity (Wildman–Crippen MR) is 76.2 cm³/mol. The SMILES string of the molecule is CCN1CC(CCC(=O)O)CC(NCC2CCC2)C1. The molecule has 2 aliphatic rings.